The standard InChI is InChI=1S/C16H14FNO2S/c1-12(15-7-2-3-8-16(15)17)21(19,20)11-14-6-4-5-13(9-14)10-18/h2-9,12H,11H2,1H3/t12-/m0/s1. The Kier molecular flexibility index (Phi) is 4.39. The van der Waals surface area contributed by atoms with Crippen LogP contribution in [0.25, 0.3) is 0 Å². The number of halogens is 1. The lowest BCUT2D eigenvalue weighted by Gasteiger charge is -2.14. The normalized spacial score (nSPS) is 12.6. The summed E-state index contributed by atoms with van der Waals surface area (Å²) < 4.78 is 38.5. The van der Waals surface area contributed by atoms with Gasteiger partial charge >= 0.3 is 0 Å². The van der Waals surface area contributed by atoms with Crippen LogP contribution in [-0.4, -0.2) is 8.42 Å². The van der Waals surface area contributed by atoms with Gasteiger partial charge in [-0.15, -0.1) is 0 Å². The molecule has 0 aliphatic rings. The monoisotopic (exact) mass is 303 g/mol. The van der Waals surface area contributed by atoms with Crippen LogP contribution in [0.5, 0.6) is 0 Å². The van der Waals surface area contributed by atoms with Crippen LogP contribution in [0.15, 0.2) is 48.5 Å². The minimum Gasteiger partial charge on any atom is -0.228 e. The van der Waals surface area contributed by atoms with E-state index in [2.05, 4.69) is 0 Å². The van der Waals surface area contributed by atoms with E-state index in [1.54, 1.807) is 24.3 Å². The number of rotatable bonds is 4. The highest BCUT2D eigenvalue weighted by Crippen LogP contribution is 2.27. The Bertz CT molecular complexity index is 794. The largest absolute Gasteiger partial charge is 0.228 e. The zero-order chi connectivity index (χ0) is 15.5. The molecule has 0 saturated carbocycles. The lowest BCUT2D eigenvalue weighted by molar-refractivity contribution is 0.573. The fourth-order valence-corrected chi connectivity index (χ4v) is 3.56. The topological polar surface area (TPSA) is 57.9 Å². The molecule has 0 aliphatic heterocycles. The highest BCUT2D eigenvalue weighted by molar-refractivity contribution is 7.90. The van der Waals surface area contributed by atoms with Crippen molar-refractivity contribution < 1.29 is 12.8 Å². The van der Waals surface area contributed by atoms with Gasteiger partial charge in [0, 0.05) is 5.56 Å². The second-order valence-electron chi connectivity index (χ2n) is 4.78. The van der Waals surface area contributed by atoms with E-state index in [-0.39, 0.29) is 11.3 Å². The van der Waals surface area contributed by atoms with E-state index in [0.29, 0.717) is 11.1 Å². The second-order valence-corrected chi connectivity index (χ2v) is 7.10. The minimum atomic E-state index is -3.56. The van der Waals surface area contributed by atoms with Gasteiger partial charge in [0.15, 0.2) is 9.84 Å². The molecule has 0 saturated heterocycles. The summed E-state index contributed by atoms with van der Waals surface area (Å²) in [7, 11) is -3.56. The molecule has 2 rings (SSSR count). The molecule has 0 fully saturated rings. The summed E-state index contributed by atoms with van der Waals surface area (Å²) in [6.45, 7) is 1.47. The fourth-order valence-electron chi connectivity index (χ4n) is 2.09. The summed E-state index contributed by atoms with van der Waals surface area (Å²) in [6.07, 6.45) is 0. The molecule has 0 radical (unpaired) electrons. The van der Waals surface area contributed by atoms with Crippen molar-refractivity contribution in [2.24, 2.45) is 0 Å². The molecule has 2 aromatic carbocycles. The summed E-state index contributed by atoms with van der Waals surface area (Å²) in [6, 6.07) is 14.2. The van der Waals surface area contributed by atoms with Crippen LogP contribution in [0, 0.1) is 17.1 Å². The lowest BCUT2D eigenvalue weighted by atomic mass is 10.1. The third-order valence-corrected chi connectivity index (χ3v) is 5.37. The van der Waals surface area contributed by atoms with Crippen LogP contribution in [-0.2, 0) is 15.6 Å². The number of benzene rings is 2. The van der Waals surface area contributed by atoms with E-state index < -0.39 is 20.9 Å². The molecule has 3 nitrogen and oxygen atoms in total. The van der Waals surface area contributed by atoms with Crippen LogP contribution in [0.4, 0.5) is 4.39 Å². The highest BCUT2D eigenvalue weighted by Gasteiger charge is 2.25. The number of hydrogen-bond acceptors (Lipinski definition) is 3. The molecule has 0 unspecified atom stereocenters. The van der Waals surface area contributed by atoms with Gasteiger partial charge in [-0.1, -0.05) is 30.3 Å². The van der Waals surface area contributed by atoms with Crippen LogP contribution in [0.2, 0.25) is 0 Å². The molecule has 0 aliphatic carbocycles. The molecular formula is C16H14FNO2S. The number of nitriles is 1. The molecule has 5 heteroatoms. The van der Waals surface area contributed by atoms with Crippen molar-refractivity contribution in [2.45, 2.75) is 17.9 Å². The Morgan fingerprint density at radius 1 is 1.19 bits per heavy atom. The third kappa shape index (κ3) is 3.47. The molecule has 108 valence electrons. The first-order chi connectivity index (χ1) is 9.94. The zero-order valence-electron chi connectivity index (χ0n) is 11.5. The van der Waals surface area contributed by atoms with E-state index in [1.165, 1.54) is 31.2 Å². The van der Waals surface area contributed by atoms with E-state index >= 15 is 0 Å². The van der Waals surface area contributed by atoms with Crippen LogP contribution >= 0.6 is 0 Å². The summed E-state index contributed by atoms with van der Waals surface area (Å²) in [5, 5.41) is 7.89. The lowest BCUT2D eigenvalue weighted by Crippen LogP contribution is -2.14. The molecule has 0 amide bonds. The molecule has 21 heavy (non-hydrogen) atoms. The van der Waals surface area contributed by atoms with Crippen molar-refractivity contribution in [3.63, 3.8) is 0 Å². The maximum absolute atomic E-state index is 13.7. The molecule has 2 aromatic rings. The molecule has 1 atom stereocenters. The molecule has 0 aromatic heterocycles. The minimum absolute atomic E-state index is 0.161. The van der Waals surface area contributed by atoms with E-state index in [9.17, 15) is 12.8 Å². The zero-order valence-corrected chi connectivity index (χ0v) is 12.3. The van der Waals surface area contributed by atoms with Gasteiger partial charge in [0.25, 0.3) is 0 Å². The molecule has 0 N–H and O–H groups in total. The summed E-state index contributed by atoms with van der Waals surface area (Å²) >= 11 is 0. The van der Waals surface area contributed by atoms with Gasteiger partial charge in [0.2, 0.25) is 0 Å². The maximum atomic E-state index is 13.7. The van der Waals surface area contributed by atoms with Crippen LogP contribution in [0.1, 0.15) is 28.9 Å². The van der Waals surface area contributed by atoms with Crippen molar-refractivity contribution in [3.8, 4) is 6.07 Å². The van der Waals surface area contributed by atoms with Crippen molar-refractivity contribution in [1.29, 1.82) is 5.26 Å². The second kappa shape index (κ2) is 6.06. The summed E-state index contributed by atoms with van der Waals surface area (Å²) in [4.78, 5) is 0. The van der Waals surface area contributed by atoms with E-state index in [1.807, 2.05) is 6.07 Å². The summed E-state index contributed by atoms with van der Waals surface area (Å²) in [5.74, 6) is -0.753. The Morgan fingerprint density at radius 3 is 2.57 bits per heavy atom. The Labute approximate surface area is 123 Å². The van der Waals surface area contributed by atoms with Crippen molar-refractivity contribution in [2.75, 3.05) is 0 Å². The van der Waals surface area contributed by atoms with Gasteiger partial charge in [-0.3, -0.25) is 0 Å². The Morgan fingerprint density at radius 2 is 1.90 bits per heavy atom. The molecule has 0 heterocycles. The molecule has 0 spiro atoms. The predicted octanol–water partition coefficient (Wildman–Crippen LogP) is 3.37. The van der Waals surface area contributed by atoms with Crippen molar-refractivity contribution in [1.82, 2.24) is 0 Å². The maximum Gasteiger partial charge on any atom is 0.161 e. The predicted molar refractivity (Wildman–Crippen MR) is 78.6 cm³/mol. The quantitative estimate of drug-likeness (QED) is 0.870. The summed E-state index contributed by atoms with van der Waals surface area (Å²) in [5.41, 5.74) is 1.09. The Hall–Kier alpha value is -2.19. The van der Waals surface area contributed by atoms with Crippen LogP contribution < -0.4 is 0 Å². The molecule has 0 bridgehead atoms. The van der Waals surface area contributed by atoms with Crippen molar-refractivity contribution >= 4 is 9.84 Å². The highest BCUT2D eigenvalue weighted by atomic mass is 32.2. The first kappa shape index (κ1) is 15.2. The van der Waals surface area contributed by atoms with Crippen molar-refractivity contribution in [3.05, 3.63) is 71.0 Å². The Balaban J connectivity index is 2.30. The average Bonchev–Trinajstić information content (AvgIpc) is 2.47. The fraction of sp³-hybridized carbons (Fsp3) is 0.188. The first-order valence-electron chi connectivity index (χ1n) is 6.39. The first-order valence-corrected chi connectivity index (χ1v) is 8.10. The number of hydrogen-bond donors (Lipinski definition) is 0. The SMILES string of the molecule is C[C@@H](c1ccccc1F)S(=O)(=O)Cc1cccc(C#N)c1. The number of nitrogens with zero attached hydrogens (tertiary/aromatic N) is 1. The average molecular weight is 303 g/mol. The number of sulfone groups is 1. The van der Waals surface area contributed by atoms with Gasteiger partial charge in [-0.05, 0) is 30.7 Å². The van der Waals surface area contributed by atoms with Gasteiger partial charge in [-0.2, -0.15) is 5.26 Å². The third-order valence-electron chi connectivity index (χ3n) is 3.31. The smallest absolute Gasteiger partial charge is 0.161 e. The van der Waals surface area contributed by atoms with Gasteiger partial charge in [-0.25, -0.2) is 12.8 Å². The molecular weight excluding hydrogens is 289 g/mol. The van der Waals surface area contributed by atoms with E-state index in [0.717, 1.165) is 0 Å². The van der Waals surface area contributed by atoms with E-state index in [4.69, 9.17) is 5.26 Å². The van der Waals surface area contributed by atoms with Gasteiger partial charge in [0.1, 0.15) is 5.82 Å². The van der Waals surface area contributed by atoms with Gasteiger partial charge < -0.3 is 0 Å². The van der Waals surface area contributed by atoms with Gasteiger partial charge in [0.05, 0.1) is 22.6 Å². The van der Waals surface area contributed by atoms with Crippen LogP contribution in [0.3, 0.4) is 0 Å².